The third-order valence-corrected chi connectivity index (χ3v) is 3.41. The number of benzene rings is 2. The highest BCUT2D eigenvalue weighted by Crippen LogP contribution is 2.28. The zero-order valence-electron chi connectivity index (χ0n) is 14.1. The lowest BCUT2D eigenvalue weighted by molar-refractivity contribution is 0.104. The van der Waals surface area contributed by atoms with Crippen LogP contribution < -0.4 is 14.2 Å². The van der Waals surface area contributed by atoms with Gasteiger partial charge in [-0.15, -0.1) is 0 Å². The number of hydrogen-bond acceptors (Lipinski definition) is 4. The van der Waals surface area contributed by atoms with Crippen molar-refractivity contribution < 1.29 is 23.4 Å². The summed E-state index contributed by atoms with van der Waals surface area (Å²) in [5.74, 6) is 0.343. The Morgan fingerprint density at radius 3 is 2.44 bits per heavy atom. The fourth-order valence-electron chi connectivity index (χ4n) is 2.14. The molecule has 0 saturated carbocycles. The Labute approximate surface area is 146 Å². The van der Waals surface area contributed by atoms with Crippen molar-refractivity contribution in [2.75, 3.05) is 20.8 Å². The van der Waals surface area contributed by atoms with E-state index < -0.39 is 5.82 Å². The summed E-state index contributed by atoms with van der Waals surface area (Å²) in [5, 5.41) is 0. The molecule has 0 unspecified atom stereocenters. The number of ether oxygens (including phenoxy) is 3. The Bertz CT molecular complexity index is 796. The Morgan fingerprint density at radius 1 is 1.08 bits per heavy atom. The average Bonchev–Trinajstić information content (AvgIpc) is 2.64. The van der Waals surface area contributed by atoms with Gasteiger partial charge in [-0.2, -0.15) is 0 Å². The number of rotatable bonds is 8. The summed E-state index contributed by atoms with van der Waals surface area (Å²) >= 11 is 0. The Balaban J connectivity index is 2.16. The SMILES string of the molecule is C=CCOc1ccc(C=CC(=O)c2ccc(OC)c(F)c2)cc1OC. The lowest BCUT2D eigenvalue weighted by Gasteiger charge is -2.09. The number of halogens is 1. The number of allylic oxidation sites excluding steroid dienone is 1. The van der Waals surface area contributed by atoms with Crippen LogP contribution in [0, 0.1) is 5.82 Å². The normalized spacial score (nSPS) is 10.5. The van der Waals surface area contributed by atoms with Gasteiger partial charge in [0.15, 0.2) is 28.8 Å². The van der Waals surface area contributed by atoms with Crippen molar-refractivity contribution in [2.24, 2.45) is 0 Å². The highest BCUT2D eigenvalue weighted by Gasteiger charge is 2.08. The molecule has 0 saturated heterocycles. The molecule has 2 aromatic rings. The molecule has 0 aliphatic heterocycles. The predicted molar refractivity (Wildman–Crippen MR) is 95.0 cm³/mol. The lowest BCUT2D eigenvalue weighted by Crippen LogP contribution is -1.97. The van der Waals surface area contributed by atoms with E-state index in [1.54, 1.807) is 30.4 Å². The van der Waals surface area contributed by atoms with Crippen molar-refractivity contribution in [1.82, 2.24) is 0 Å². The molecule has 5 heteroatoms. The van der Waals surface area contributed by atoms with Gasteiger partial charge in [0.05, 0.1) is 14.2 Å². The van der Waals surface area contributed by atoms with Gasteiger partial charge in [0.2, 0.25) is 0 Å². The highest BCUT2D eigenvalue weighted by molar-refractivity contribution is 6.06. The quantitative estimate of drug-likeness (QED) is 0.407. The number of carbonyl (C=O) groups excluding carboxylic acids is 1. The average molecular weight is 342 g/mol. The number of ketones is 1. The zero-order chi connectivity index (χ0) is 18.2. The van der Waals surface area contributed by atoms with E-state index in [2.05, 4.69) is 6.58 Å². The van der Waals surface area contributed by atoms with Crippen LogP contribution in [0.15, 0.2) is 55.1 Å². The largest absolute Gasteiger partial charge is 0.494 e. The van der Waals surface area contributed by atoms with Crippen molar-refractivity contribution in [3.63, 3.8) is 0 Å². The second kappa shape index (κ2) is 8.68. The predicted octanol–water partition coefficient (Wildman–Crippen LogP) is 4.30. The van der Waals surface area contributed by atoms with E-state index >= 15 is 0 Å². The standard InChI is InChI=1S/C20H19FO4/c1-4-11-25-19-9-6-14(12-20(19)24-3)5-8-17(22)15-7-10-18(23-2)16(21)13-15/h4-10,12-13H,1,11H2,2-3H3. The van der Waals surface area contributed by atoms with Crippen LogP contribution >= 0.6 is 0 Å². The van der Waals surface area contributed by atoms with Crippen LogP contribution in [-0.4, -0.2) is 26.6 Å². The molecule has 25 heavy (non-hydrogen) atoms. The molecule has 0 aliphatic carbocycles. The topological polar surface area (TPSA) is 44.8 Å². The maximum atomic E-state index is 13.7. The first-order chi connectivity index (χ1) is 12.1. The van der Waals surface area contributed by atoms with Gasteiger partial charge >= 0.3 is 0 Å². The van der Waals surface area contributed by atoms with Crippen LogP contribution in [0.3, 0.4) is 0 Å². The molecule has 2 rings (SSSR count). The molecule has 0 atom stereocenters. The summed E-state index contributed by atoms with van der Waals surface area (Å²) in [7, 11) is 2.91. The van der Waals surface area contributed by atoms with Crippen LogP contribution in [-0.2, 0) is 0 Å². The number of carbonyl (C=O) groups is 1. The van der Waals surface area contributed by atoms with Crippen LogP contribution in [0.2, 0.25) is 0 Å². The molecule has 4 nitrogen and oxygen atoms in total. The van der Waals surface area contributed by atoms with Crippen molar-refractivity contribution >= 4 is 11.9 Å². The second-order valence-corrected chi connectivity index (χ2v) is 5.06. The van der Waals surface area contributed by atoms with E-state index in [1.807, 2.05) is 0 Å². The maximum absolute atomic E-state index is 13.7. The van der Waals surface area contributed by atoms with Gasteiger partial charge in [-0.05, 0) is 42.0 Å². The van der Waals surface area contributed by atoms with Gasteiger partial charge in [-0.1, -0.05) is 24.8 Å². The fourth-order valence-corrected chi connectivity index (χ4v) is 2.14. The Morgan fingerprint density at radius 2 is 1.80 bits per heavy atom. The van der Waals surface area contributed by atoms with Crippen molar-refractivity contribution in [1.29, 1.82) is 0 Å². The first-order valence-corrected chi connectivity index (χ1v) is 7.56. The molecule has 0 heterocycles. The molecular formula is C20H19FO4. The van der Waals surface area contributed by atoms with Gasteiger partial charge in [0, 0.05) is 5.56 Å². The summed E-state index contributed by atoms with van der Waals surface area (Å²) in [6.07, 6.45) is 4.64. The lowest BCUT2D eigenvalue weighted by atomic mass is 10.1. The van der Waals surface area contributed by atoms with Gasteiger partial charge in [0.25, 0.3) is 0 Å². The van der Waals surface area contributed by atoms with Crippen molar-refractivity contribution in [3.05, 3.63) is 72.1 Å². The first kappa shape index (κ1) is 18.3. The van der Waals surface area contributed by atoms with Gasteiger partial charge < -0.3 is 14.2 Å². The molecule has 130 valence electrons. The molecule has 0 bridgehead atoms. The molecule has 0 amide bonds. The molecule has 0 fully saturated rings. The van der Waals surface area contributed by atoms with E-state index in [-0.39, 0.29) is 17.1 Å². The summed E-state index contributed by atoms with van der Waals surface area (Å²) in [6, 6.07) is 9.38. The van der Waals surface area contributed by atoms with E-state index in [9.17, 15) is 9.18 Å². The number of methoxy groups -OCH3 is 2. The monoisotopic (exact) mass is 342 g/mol. The maximum Gasteiger partial charge on any atom is 0.185 e. The molecule has 0 aliphatic rings. The highest BCUT2D eigenvalue weighted by atomic mass is 19.1. The minimum atomic E-state index is -0.577. The molecule has 0 N–H and O–H groups in total. The Hall–Kier alpha value is -3.08. The van der Waals surface area contributed by atoms with E-state index in [1.165, 1.54) is 32.4 Å². The van der Waals surface area contributed by atoms with Crippen molar-refractivity contribution in [2.45, 2.75) is 0 Å². The second-order valence-electron chi connectivity index (χ2n) is 5.06. The molecule has 0 radical (unpaired) electrons. The third-order valence-electron chi connectivity index (χ3n) is 3.41. The minimum absolute atomic E-state index is 0.0976. The van der Waals surface area contributed by atoms with Crippen LogP contribution in [0.25, 0.3) is 6.08 Å². The molecule has 2 aromatic carbocycles. The van der Waals surface area contributed by atoms with Crippen LogP contribution in [0.4, 0.5) is 4.39 Å². The summed E-state index contributed by atoms with van der Waals surface area (Å²) in [5.41, 5.74) is 0.998. The van der Waals surface area contributed by atoms with E-state index in [0.29, 0.717) is 18.1 Å². The summed E-state index contributed by atoms with van der Waals surface area (Å²) in [6.45, 7) is 3.96. The van der Waals surface area contributed by atoms with Gasteiger partial charge in [-0.25, -0.2) is 4.39 Å². The smallest absolute Gasteiger partial charge is 0.185 e. The van der Waals surface area contributed by atoms with Gasteiger partial charge in [0.1, 0.15) is 6.61 Å². The Kier molecular flexibility index (Phi) is 6.34. The van der Waals surface area contributed by atoms with E-state index in [0.717, 1.165) is 11.6 Å². The van der Waals surface area contributed by atoms with E-state index in [4.69, 9.17) is 14.2 Å². The first-order valence-electron chi connectivity index (χ1n) is 7.56. The summed E-state index contributed by atoms with van der Waals surface area (Å²) < 4.78 is 29.3. The molecule has 0 aromatic heterocycles. The van der Waals surface area contributed by atoms with Gasteiger partial charge in [-0.3, -0.25) is 4.79 Å². The van der Waals surface area contributed by atoms with Crippen LogP contribution in [0.5, 0.6) is 17.2 Å². The molecular weight excluding hydrogens is 323 g/mol. The zero-order valence-corrected chi connectivity index (χ0v) is 14.1. The summed E-state index contributed by atoms with van der Waals surface area (Å²) in [4.78, 5) is 12.2. The minimum Gasteiger partial charge on any atom is -0.494 e. The number of hydrogen-bond donors (Lipinski definition) is 0. The van der Waals surface area contributed by atoms with Crippen molar-refractivity contribution in [3.8, 4) is 17.2 Å². The fraction of sp³-hybridized carbons (Fsp3) is 0.150. The van der Waals surface area contributed by atoms with Crippen LogP contribution in [0.1, 0.15) is 15.9 Å². The third kappa shape index (κ3) is 4.70. The molecule has 0 spiro atoms.